The van der Waals surface area contributed by atoms with Crippen molar-refractivity contribution < 1.29 is 14.3 Å². The van der Waals surface area contributed by atoms with Crippen molar-refractivity contribution in [3.8, 4) is 16.2 Å². The summed E-state index contributed by atoms with van der Waals surface area (Å²) >= 11 is 1.58. The first kappa shape index (κ1) is 23.8. The molecule has 3 heterocycles. The highest BCUT2D eigenvalue weighted by molar-refractivity contribution is 7.22. The second kappa shape index (κ2) is 9.90. The fraction of sp³-hybridized carbons (Fsp3) is 0.360. The van der Waals surface area contributed by atoms with Gasteiger partial charge in [0.25, 0.3) is 11.8 Å². The third-order valence-electron chi connectivity index (χ3n) is 5.55. The van der Waals surface area contributed by atoms with E-state index in [9.17, 15) is 9.59 Å². The quantitative estimate of drug-likeness (QED) is 0.460. The van der Waals surface area contributed by atoms with Crippen molar-refractivity contribution >= 4 is 39.2 Å². The number of hydrazine groups is 1. The van der Waals surface area contributed by atoms with E-state index in [0.29, 0.717) is 30.2 Å². The minimum atomic E-state index is -0.399. The van der Waals surface area contributed by atoms with Gasteiger partial charge in [0, 0.05) is 29.5 Å². The number of fused-ring (bicyclic) bond motifs is 1. The van der Waals surface area contributed by atoms with Crippen LogP contribution < -0.4 is 10.2 Å². The molecule has 2 aromatic heterocycles. The fourth-order valence-corrected chi connectivity index (χ4v) is 4.93. The topological polar surface area (TPSA) is 87.7 Å². The molecule has 34 heavy (non-hydrogen) atoms. The first-order valence-corrected chi connectivity index (χ1v) is 12.1. The number of anilines is 1. The molecular weight excluding hydrogens is 450 g/mol. The summed E-state index contributed by atoms with van der Waals surface area (Å²) in [7, 11) is 4.03. The summed E-state index contributed by atoms with van der Waals surface area (Å²) in [5.74, 6) is 1.21. The zero-order valence-electron chi connectivity index (χ0n) is 20.1. The Bertz CT molecular complexity index is 1260. The van der Waals surface area contributed by atoms with E-state index in [1.807, 2.05) is 45.3 Å². The highest BCUT2D eigenvalue weighted by Crippen LogP contribution is 2.40. The maximum absolute atomic E-state index is 12.4. The lowest BCUT2D eigenvalue weighted by Gasteiger charge is -2.17. The third-order valence-corrected chi connectivity index (χ3v) is 6.79. The van der Waals surface area contributed by atoms with Gasteiger partial charge in [0.1, 0.15) is 23.0 Å². The molecule has 0 saturated carbocycles. The van der Waals surface area contributed by atoms with Crippen LogP contribution in [-0.4, -0.2) is 58.9 Å². The van der Waals surface area contributed by atoms with Crippen molar-refractivity contribution in [3.05, 3.63) is 47.3 Å². The molecule has 1 aliphatic heterocycles. The summed E-state index contributed by atoms with van der Waals surface area (Å²) in [6.07, 6.45) is 2.92. The molecule has 0 bridgehead atoms. The first-order chi connectivity index (χ1) is 16.3. The van der Waals surface area contributed by atoms with E-state index in [0.717, 1.165) is 49.9 Å². The van der Waals surface area contributed by atoms with Gasteiger partial charge in [-0.1, -0.05) is 6.92 Å². The van der Waals surface area contributed by atoms with Crippen molar-refractivity contribution in [1.82, 2.24) is 19.9 Å². The predicted octanol–water partition coefficient (Wildman–Crippen LogP) is 4.20. The number of likely N-dealkylation sites (N-methyl/N-ethyl adjacent to an activating group) is 1. The molecule has 1 aliphatic rings. The SMILES string of the molecule is CCCc1nc(NN2C(=O)C=C(C)C2=O)c2c(C)c(-c3ccc(OCCN(C)C)cc3)sc2n1. The number of nitrogens with one attached hydrogen (secondary N) is 1. The molecule has 2 amide bonds. The van der Waals surface area contributed by atoms with Gasteiger partial charge in [0.2, 0.25) is 0 Å². The van der Waals surface area contributed by atoms with Crippen molar-refractivity contribution in [3.63, 3.8) is 0 Å². The van der Waals surface area contributed by atoms with Crippen LogP contribution in [0, 0.1) is 6.92 Å². The van der Waals surface area contributed by atoms with Crippen molar-refractivity contribution in [2.75, 3.05) is 32.7 Å². The number of nitrogens with zero attached hydrogens (tertiary/aromatic N) is 4. The lowest BCUT2D eigenvalue weighted by molar-refractivity contribution is -0.135. The Hall–Kier alpha value is -3.30. The molecule has 0 unspecified atom stereocenters. The Morgan fingerprint density at radius 3 is 2.47 bits per heavy atom. The molecule has 0 spiro atoms. The maximum Gasteiger partial charge on any atom is 0.275 e. The molecule has 0 saturated heterocycles. The van der Waals surface area contributed by atoms with Crippen LogP contribution in [0.2, 0.25) is 0 Å². The van der Waals surface area contributed by atoms with Gasteiger partial charge in [-0.25, -0.2) is 9.97 Å². The summed E-state index contributed by atoms with van der Waals surface area (Å²) in [6, 6.07) is 8.02. The smallest absolute Gasteiger partial charge is 0.275 e. The van der Waals surface area contributed by atoms with Gasteiger partial charge in [0.15, 0.2) is 5.82 Å². The number of amides is 2. The highest BCUT2D eigenvalue weighted by Gasteiger charge is 2.30. The van der Waals surface area contributed by atoms with Gasteiger partial charge in [-0.15, -0.1) is 11.3 Å². The number of hydrogen-bond acceptors (Lipinski definition) is 8. The van der Waals surface area contributed by atoms with Crippen molar-refractivity contribution in [2.24, 2.45) is 0 Å². The van der Waals surface area contributed by atoms with E-state index in [2.05, 4.69) is 22.2 Å². The van der Waals surface area contributed by atoms with Crippen LogP contribution in [0.25, 0.3) is 20.7 Å². The molecular formula is C25H29N5O3S. The van der Waals surface area contributed by atoms with Crippen LogP contribution in [0.3, 0.4) is 0 Å². The lowest BCUT2D eigenvalue weighted by Crippen LogP contribution is -2.36. The third kappa shape index (κ3) is 4.80. The second-order valence-corrected chi connectivity index (χ2v) is 9.57. The second-order valence-electron chi connectivity index (χ2n) is 8.57. The largest absolute Gasteiger partial charge is 0.492 e. The summed E-state index contributed by atoms with van der Waals surface area (Å²) in [5.41, 5.74) is 5.42. The molecule has 3 aromatic rings. The van der Waals surface area contributed by atoms with E-state index < -0.39 is 5.91 Å². The average molecular weight is 480 g/mol. The summed E-state index contributed by atoms with van der Waals surface area (Å²) in [4.78, 5) is 38.2. The van der Waals surface area contributed by atoms with Gasteiger partial charge < -0.3 is 9.64 Å². The zero-order chi connectivity index (χ0) is 24.4. The molecule has 0 atom stereocenters. The summed E-state index contributed by atoms with van der Waals surface area (Å²) in [6.45, 7) is 7.18. The van der Waals surface area contributed by atoms with Crippen LogP contribution in [0.1, 0.15) is 31.7 Å². The van der Waals surface area contributed by atoms with E-state index >= 15 is 0 Å². The number of aryl methyl sites for hydroxylation is 2. The molecule has 1 N–H and O–H groups in total. The van der Waals surface area contributed by atoms with Crippen LogP contribution in [0.4, 0.5) is 5.82 Å². The van der Waals surface area contributed by atoms with Crippen LogP contribution in [0.15, 0.2) is 35.9 Å². The van der Waals surface area contributed by atoms with Gasteiger partial charge >= 0.3 is 0 Å². The average Bonchev–Trinajstić information content (AvgIpc) is 3.25. The standard InChI is InChI=1S/C25H29N5O3S/c1-6-7-19-26-23(28-30-20(31)14-15(2)25(30)32)21-16(3)22(34-24(21)27-19)17-8-10-18(11-9-17)33-13-12-29(4)5/h8-11,14H,6-7,12-13H2,1-5H3,(H,26,27,28). The molecule has 0 fully saturated rings. The number of imide groups is 1. The fourth-order valence-electron chi connectivity index (χ4n) is 3.72. The van der Waals surface area contributed by atoms with Crippen molar-refractivity contribution in [1.29, 1.82) is 0 Å². The maximum atomic E-state index is 12.4. The number of carbonyl (C=O) groups is 2. The number of hydrogen-bond donors (Lipinski definition) is 1. The number of ether oxygens (including phenoxy) is 1. The van der Waals surface area contributed by atoms with E-state index in [1.165, 1.54) is 6.08 Å². The first-order valence-electron chi connectivity index (χ1n) is 11.3. The molecule has 8 nitrogen and oxygen atoms in total. The van der Waals surface area contributed by atoms with E-state index in [-0.39, 0.29) is 5.91 Å². The lowest BCUT2D eigenvalue weighted by atomic mass is 10.1. The van der Waals surface area contributed by atoms with E-state index in [4.69, 9.17) is 9.72 Å². The van der Waals surface area contributed by atoms with Crippen molar-refractivity contribution in [2.45, 2.75) is 33.6 Å². The number of rotatable bonds is 9. The monoisotopic (exact) mass is 479 g/mol. The molecule has 178 valence electrons. The summed E-state index contributed by atoms with van der Waals surface area (Å²) in [5, 5.41) is 1.83. The molecule has 1 aromatic carbocycles. The molecule has 0 aliphatic carbocycles. The Morgan fingerprint density at radius 2 is 1.85 bits per heavy atom. The molecule has 4 rings (SSSR count). The Morgan fingerprint density at radius 1 is 1.12 bits per heavy atom. The Labute approximate surface area is 203 Å². The molecule has 9 heteroatoms. The zero-order valence-corrected chi connectivity index (χ0v) is 21.0. The number of thiophene rings is 1. The van der Waals surface area contributed by atoms with Crippen LogP contribution in [-0.2, 0) is 16.0 Å². The normalized spacial score (nSPS) is 13.8. The minimum Gasteiger partial charge on any atom is -0.492 e. The molecule has 0 radical (unpaired) electrons. The minimum absolute atomic E-state index is 0.369. The number of carbonyl (C=O) groups excluding carboxylic acids is 2. The van der Waals surface area contributed by atoms with Gasteiger partial charge in [-0.3, -0.25) is 15.0 Å². The summed E-state index contributed by atoms with van der Waals surface area (Å²) < 4.78 is 5.82. The predicted molar refractivity (Wildman–Crippen MR) is 135 cm³/mol. The number of benzene rings is 1. The van der Waals surface area contributed by atoms with Gasteiger partial charge in [-0.2, -0.15) is 5.01 Å². The van der Waals surface area contributed by atoms with Crippen LogP contribution >= 0.6 is 11.3 Å². The van der Waals surface area contributed by atoms with Gasteiger partial charge in [-0.05, 0) is 69.8 Å². The highest BCUT2D eigenvalue weighted by atomic mass is 32.1. The Balaban J connectivity index is 1.69. The van der Waals surface area contributed by atoms with E-state index in [1.54, 1.807) is 18.3 Å². The number of aromatic nitrogens is 2. The van der Waals surface area contributed by atoms with Crippen LogP contribution in [0.5, 0.6) is 5.75 Å². The van der Waals surface area contributed by atoms with Gasteiger partial charge in [0.05, 0.1) is 5.39 Å². The Kier molecular flexibility index (Phi) is 6.95.